The number of hydrogen-bond donors (Lipinski definition) is 2. The summed E-state index contributed by atoms with van der Waals surface area (Å²) in [6.07, 6.45) is 0.504. The van der Waals surface area contributed by atoms with Gasteiger partial charge in [0, 0.05) is 11.6 Å². The number of hydrogen-bond acceptors (Lipinski definition) is 3. The highest BCUT2D eigenvalue weighted by molar-refractivity contribution is 5.97. The second-order valence-electron chi connectivity index (χ2n) is 4.39. The van der Waals surface area contributed by atoms with E-state index in [1.807, 2.05) is 13.8 Å². The van der Waals surface area contributed by atoms with Crippen LogP contribution in [0, 0.1) is 20.8 Å². The minimum absolute atomic E-state index is 0.0723. The summed E-state index contributed by atoms with van der Waals surface area (Å²) in [6, 6.07) is -0.357. The van der Waals surface area contributed by atoms with E-state index in [1.165, 1.54) is 0 Å². The summed E-state index contributed by atoms with van der Waals surface area (Å²) in [6.45, 7) is 7.19. The van der Waals surface area contributed by atoms with E-state index in [4.69, 9.17) is 9.52 Å². The lowest BCUT2D eigenvalue weighted by Gasteiger charge is -2.14. The minimum atomic E-state index is -0.918. The monoisotopic (exact) mass is 253 g/mol. The molecule has 0 saturated heterocycles. The molecule has 0 aliphatic rings. The number of aryl methyl sites for hydroxylation is 2. The zero-order chi connectivity index (χ0) is 13.9. The predicted molar refractivity (Wildman–Crippen MR) is 66.7 cm³/mol. The predicted octanol–water partition coefficient (Wildman–Crippen LogP) is 2.19. The van der Waals surface area contributed by atoms with E-state index >= 15 is 0 Å². The topological polar surface area (TPSA) is 79.5 Å². The van der Waals surface area contributed by atoms with Crippen LogP contribution < -0.4 is 5.32 Å². The summed E-state index contributed by atoms with van der Waals surface area (Å²) in [4.78, 5) is 22.7. The molecule has 100 valence electrons. The van der Waals surface area contributed by atoms with E-state index in [0.29, 0.717) is 23.5 Å². The van der Waals surface area contributed by atoms with Crippen molar-refractivity contribution in [3.8, 4) is 0 Å². The zero-order valence-corrected chi connectivity index (χ0v) is 11.2. The van der Waals surface area contributed by atoms with Crippen LogP contribution >= 0.6 is 0 Å². The number of furan rings is 1. The summed E-state index contributed by atoms with van der Waals surface area (Å²) >= 11 is 0. The molecule has 0 radical (unpaired) electrons. The molecule has 0 fully saturated rings. The van der Waals surface area contributed by atoms with E-state index < -0.39 is 5.97 Å². The summed E-state index contributed by atoms with van der Waals surface area (Å²) in [7, 11) is 0. The molecule has 2 N–H and O–H groups in total. The SMILES string of the molecule is CCC(CC(=O)O)NC(=O)c1c(C)oc(C)c1C. The molecule has 1 rings (SSSR count). The molecule has 0 aliphatic heterocycles. The van der Waals surface area contributed by atoms with Gasteiger partial charge in [0.1, 0.15) is 11.5 Å². The van der Waals surface area contributed by atoms with Gasteiger partial charge in [-0.25, -0.2) is 0 Å². The van der Waals surface area contributed by atoms with Crippen LogP contribution in [0.5, 0.6) is 0 Å². The maximum Gasteiger partial charge on any atom is 0.305 e. The van der Waals surface area contributed by atoms with Crippen LogP contribution in [0.3, 0.4) is 0 Å². The van der Waals surface area contributed by atoms with Crippen molar-refractivity contribution in [1.82, 2.24) is 5.32 Å². The standard InChI is InChI=1S/C13H19NO4/c1-5-10(6-11(15)16)14-13(17)12-7(2)8(3)18-9(12)4/h10H,5-6H2,1-4H3,(H,14,17)(H,15,16). The molecule has 0 bridgehead atoms. The molecule has 18 heavy (non-hydrogen) atoms. The highest BCUT2D eigenvalue weighted by atomic mass is 16.4. The summed E-state index contributed by atoms with van der Waals surface area (Å²) in [5.74, 6) is 0.0885. The molecular formula is C13H19NO4. The first kappa shape index (κ1) is 14.3. The van der Waals surface area contributed by atoms with Crippen LogP contribution in [0.25, 0.3) is 0 Å². The van der Waals surface area contributed by atoms with Gasteiger partial charge in [-0.1, -0.05) is 6.92 Å². The van der Waals surface area contributed by atoms with E-state index in [9.17, 15) is 9.59 Å². The van der Waals surface area contributed by atoms with Crippen LogP contribution in [0.4, 0.5) is 0 Å². The highest BCUT2D eigenvalue weighted by Gasteiger charge is 2.21. The first-order valence-corrected chi connectivity index (χ1v) is 5.96. The average Bonchev–Trinajstić information content (AvgIpc) is 2.51. The van der Waals surface area contributed by atoms with Gasteiger partial charge >= 0.3 is 5.97 Å². The smallest absolute Gasteiger partial charge is 0.305 e. The summed E-state index contributed by atoms with van der Waals surface area (Å²) in [5.41, 5.74) is 1.31. The first-order chi connectivity index (χ1) is 8.36. The van der Waals surface area contributed by atoms with E-state index in [0.717, 1.165) is 5.56 Å². The second-order valence-corrected chi connectivity index (χ2v) is 4.39. The van der Waals surface area contributed by atoms with Gasteiger partial charge in [0.15, 0.2) is 0 Å². The molecule has 1 heterocycles. The molecule has 1 atom stereocenters. The van der Waals surface area contributed by atoms with Crippen LogP contribution in [0.15, 0.2) is 4.42 Å². The maximum atomic E-state index is 12.1. The summed E-state index contributed by atoms with van der Waals surface area (Å²) in [5, 5.41) is 11.5. The number of aliphatic carboxylic acids is 1. The third kappa shape index (κ3) is 3.12. The number of nitrogens with one attached hydrogen (secondary N) is 1. The lowest BCUT2D eigenvalue weighted by Crippen LogP contribution is -2.36. The van der Waals surface area contributed by atoms with Crippen LogP contribution in [0.2, 0.25) is 0 Å². The Balaban J connectivity index is 2.84. The number of carbonyl (C=O) groups is 2. The van der Waals surface area contributed by atoms with Crippen molar-refractivity contribution >= 4 is 11.9 Å². The lowest BCUT2D eigenvalue weighted by molar-refractivity contribution is -0.137. The Labute approximate surface area is 106 Å². The second kappa shape index (κ2) is 5.71. The Kier molecular flexibility index (Phi) is 4.53. The van der Waals surface area contributed by atoms with Crippen LogP contribution in [-0.4, -0.2) is 23.0 Å². The van der Waals surface area contributed by atoms with Crippen molar-refractivity contribution in [2.24, 2.45) is 0 Å². The van der Waals surface area contributed by atoms with Crippen LogP contribution in [-0.2, 0) is 4.79 Å². The van der Waals surface area contributed by atoms with E-state index in [-0.39, 0.29) is 18.4 Å². The molecule has 0 spiro atoms. The van der Waals surface area contributed by atoms with E-state index in [1.54, 1.807) is 13.8 Å². The Bertz CT molecular complexity index is 462. The third-order valence-corrected chi connectivity index (χ3v) is 3.04. The third-order valence-electron chi connectivity index (χ3n) is 3.04. The average molecular weight is 253 g/mol. The van der Waals surface area contributed by atoms with Gasteiger partial charge in [-0.05, 0) is 27.2 Å². The molecule has 1 unspecified atom stereocenters. The normalized spacial score (nSPS) is 12.2. The van der Waals surface area contributed by atoms with Gasteiger partial charge < -0.3 is 14.8 Å². The first-order valence-electron chi connectivity index (χ1n) is 5.96. The quantitative estimate of drug-likeness (QED) is 0.843. The van der Waals surface area contributed by atoms with Gasteiger partial charge in [-0.2, -0.15) is 0 Å². The van der Waals surface area contributed by atoms with Crippen molar-refractivity contribution in [2.45, 2.75) is 46.6 Å². The maximum absolute atomic E-state index is 12.1. The number of rotatable bonds is 5. The lowest BCUT2D eigenvalue weighted by atomic mass is 10.1. The Morgan fingerprint density at radius 3 is 2.28 bits per heavy atom. The largest absolute Gasteiger partial charge is 0.481 e. The Morgan fingerprint density at radius 2 is 1.89 bits per heavy atom. The van der Waals surface area contributed by atoms with Crippen molar-refractivity contribution in [2.75, 3.05) is 0 Å². The van der Waals surface area contributed by atoms with E-state index in [2.05, 4.69) is 5.32 Å². The molecule has 5 heteroatoms. The fourth-order valence-electron chi connectivity index (χ4n) is 1.89. The van der Waals surface area contributed by atoms with Crippen molar-refractivity contribution < 1.29 is 19.1 Å². The molecule has 0 saturated carbocycles. The van der Waals surface area contributed by atoms with Gasteiger partial charge in [0.25, 0.3) is 5.91 Å². The Hall–Kier alpha value is -1.78. The molecule has 1 aromatic rings. The van der Waals surface area contributed by atoms with Gasteiger partial charge in [-0.3, -0.25) is 9.59 Å². The van der Waals surface area contributed by atoms with Gasteiger partial charge in [0.2, 0.25) is 0 Å². The summed E-state index contributed by atoms with van der Waals surface area (Å²) < 4.78 is 5.39. The van der Waals surface area contributed by atoms with Gasteiger partial charge in [0.05, 0.1) is 12.0 Å². The van der Waals surface area contributed by atoms with Gasteiger partial charge in [-0.15, -0.1) is 0 Å². The zero-order valence-electron chi connectivity index (χ0n) is 11.2. The molecule has 0 aliphatic carbocycles. The molecular weight excluding hydrogens is 234 g/mol. The molecule has 1 aromatic heterocycles. The van der Waals surface area contributed by atoms with Crippen molar-refractivity contribution in [3.05, 3.63) is 22.6 Å². The van der Waals surface area contributed by atoms with Crippen molar-refractivity contribution in [1.29, 1.82) is 0 Å². The number of carboxylic acid groups (broad SMARTS) is 1. The fraction of sp³-hybridized carbons (Fsp3) is 0.538. The number of amides is 1. The Morgan fingerprint density at radius 1 is 1.28 bits per heavy atom. The van der Waals surface area contributed by atoms with Crippen molar-refractivity contribution in [3.63, 3.8) is 0 Å². The molecule has 0 aromatic carbocycles. The highest BCUT2D eigenvalue weighted by Crippen LogP contribution is 2.20. The molecule has 1 amide bonds. The fourth-order valence-corrected chi connectivity index (χ4v) is 1.89. The number of carbonyl (C=O) groups excluding carboxylic acids is 1. The number of carboxylic acids is 1. The molecule has 5 nitrogen and oxygen atoms in total. The van der Waals surface area contributed by atoms with Crippen LogP contribution in [0.1, 0.15) is 47.2 Å². The minimum Gasteiger partial charge on any atom is -0.481 e.